The van der Waals surface area contributed by atoms with Crippen LogP contribution in [0.5, 0.6) is 0 Å². The molecule has 0 spiro atoms. The van der Waals surface area contributed by atoms with Gasteiger partial charge >= 0.3 is 0 Å². The molecule has 0 saturated carbocycles. The normalized spacial score (nSPS) is 13.3. The van der Waals surface area contributed by atoms with Crippen LogP contribution in [-0.2, 0) is 0 Å². The molecule has 0 radical (unpaired) electrons. The highest BCUT2D eigenvalue weighted by Gasteiger charge is 2.21. The zero-order chi connectivity index (χ0) is 13.4. The van der Waals surface area contributed by atoms with Crippen molar-refractivity contribution < 1.29 is 0 Å². The monoisotopic (exact) mass is 272 g/mol. The number of hydrogen-bond acceptors (Lipinski definition) is 4. The summed E-state index contributed by atoms with van der Waals surface area (Å²) >= 11 is 1.66. The largest absolute Gasteiger partial charge is 0.317 e. The van der Waals surface area contributed by atoms with E-state index in [0.717, 1.165) is 21.9 Å². The predicted molar refractivity (Wildman–Crippen MR) is 78.3 cm³/mol. The molecule has 0 fully saturated rings. The van der Waals surface area contributed by atoms with Crippen molar-refractivity contribution in [3.05, 3.63) is 46.5 Å². The van der Waals surface area contributed by atoms with E-state index in [4.69, 9.17) is 5.73 Å². The molecule has 3 rings (SSSR count). The number of thiophene rings is 1. The first-order valence-corrected chi connectivity index (χ1v) is 7.18. The number of aromatic nitrogens is 3. The van der Waals surface area contributed by atoms with Gasteiger partial charge in [0, 0.05) is 17.1 Å². The summed E-state index contributed by atoms with van der Waals surface area (Å²) in [4.78, 5) is 10.2. The molecule has 5 heteroatoms. The lowest BCUT2D eigenvalue weighted by molar-refractivity contribution is 0.565. The minimum Gasteiger partial charge on any atom is -0.317 e. The van der Waals surface area contributed by atoms with Crippen molar-refractivity contribution in [2.75, 3.05) is 0 Å². The first-order chi connectivity index (χ1) is 9.18. The topological polar surface area (TPSA) is 56.7 Å². The van der Waals surface area contributed by atoms with Crippen LogP contribution >= 0.6 is 11.3 Å². The molecular formula is C14H16N4S. The van der Waals surface area contributed by atoms with Crippen molar-refractivity contribution in [1.82, 2.24) is 14.5 Å². The van der Waals surface area contributed by atoms with Gasteiger partial charge in [-0.15, -0.1) is 11.3 Å². The quantitative estimate of drug-likeness (QED) is 0.797. The Morgan fingerprint density at radius 2 is 2.11 bits per heavy atom. The molecule has 0 saturated heterocycles. The summed E-state index contributed by atoms with van der Waals surface area (Å²) in [6.07, 6.45) is 1.79. The van der Waals surface area contributed by atoms with E-state index in [9.17, 15) is 0 Å². The van der Waals surface area contributed by atoms with E-state index in [1.165, 1.54) is 0 Å². The molecule has 0 aliphatic carbocycles. The summed E-state index contributed by atoms with van der Waals surface area (Å²) in [5, 5.41) is 2.04. The Labute approximate surface area is 115 Å². The molecule has 19 heavy (non-hydrogen) atoms. The molecule has 0 aliphatic rings. The lowest BCUT2D eigenvalue weighted by Gasteiger charge is -2.16. The second kappa shape index (κ2) is 4.75. The minimum atomic E-state index is -0.198. The number of rotatable bonds is 3. The molecule has 0 aromatic carbocycles. The third-order valence-corrected chi connectivity index (χ3v) is 4.08. The summed E-state index contributed by atoms with van der Waals surface area (Å²) in [5.74, 6) is 0.881. The standard InChI is InChI=1S/C14H16N4S/c1-9(2)18-13-10(5-3-7-16-13)17-14(18)12(15)11-6-4-8-19-11/h3-9,12H,15H2,1-2H3. The van der Waals surface area contributed by atoms with Crippen LogP contribution in [0.25, 0.3) is 11.2 Å². The van der Waals surface area contributed by atoms with Gasteiger partial charge in [-0.1, -0.05) is 6.07 Å². The van der Waals surface area contributed by atoms with Crippen molar-refractivity contribution >= 4 is 22.5 Å². The predicted octanol–water partition coefficient (Wildman–Crippen LogP) is 3.12. The Balaban J connectivity index is 2.20. The number of fused-ring (bicyclic) bond motifs is 1. The summed E-state index contributed by atoms with van der Waals surface area (Å²) in [6.45, 7) is 4.25. The number of imidazole rings is 1. The summed E-state index contributed by atoms with van der Waals surface area (Å²) < 4.78 is 2.12. The highest BCUT2D eigenvalue weighted by atomic mass is 32.1. The second-order valence-corrected chi connectivity index (χ2v) is 5.75. The van der Waals surface area contributed by atoms with Gasteiger partial charge in [0.25, 0.3) is 0 Å². The maximum Gasteiger partial charge on any atom is 0.160 e. The Morgan fingerprint density at radius 1 is 1.26 bits per heavy atom. The average molecular weight is 272 g/mol. The summed E-state index contributed by atoms with van der Waals surface area (Å²) in [7, 11) is 0. The van der Waals surface area contributed by atoms with Gasteiger partial charge in [-0.05, 0) is 37.4 Å². The van der Waals surface area contributed by atoms with Crippen molar-refractivity contribution in [3.8, 4) is 0 Å². The number of nitrogens with zero attached hydrogens (tertiary/aromatic N) is 3. The lowest BCUT2D eigenvalue weighted by atomic mass is 10.2. The highest BCUT2D eigenvalue weighted by molar-refractivity contribution is 7.10. The fourth-order valence-corrected chi connectivity index (χ4v) is 2.99. The fourth-order valence-electron chi connectivity index (χ4n) is 2.27. The molecule has 98 valence electrons. The third-order valence-electron chi connectivity index (χ3n) is 3.12. The van der Waals surface area contributed by atoms with E-state index in [1.807, 2.05) is 29.6 Å². The molecule has 3 aromatic heterocycles. The number of nitrogens with two attached hydrogens (primary N) is 1. The van der Waals surface area contributed by atoms with Crippen molar-refractivity contribution in [2.45, 2.75) is 25.9 Å². The van der Waals surface area contributed by atoms with Gasteiger partial charge in [0.2, 0.25) is 0 Å². The number of pyridine rings is 1. The Hall–Kier alpha value is -1.72. The maximum absolute atomic E-state index is 6.36. The Bertz CT molecular complexity index is 685. The minimum absolute atomic E-state index is 0.198. The highest BCUT2D eigenvalue weighted by Crippen LogP contribution is 2.28. The fraction of sp³-hybridized carbons (Fsp3) is 0.286. The van der Waals surface area contributed by atoms with Crippen LogP contribution in [0.1, 0.15) is 36.6 Å². The lowest BCUT2D eigenvalue weighted by Crippen LogP contribution is -2.18. The summed E-state index contributed by atoms with van der Waals surface area (Å²) in [5.41, 5.74) is 8.17. The molecule has 0 aliphatic heterocycles. The Morgan fingerprint density at radius 3 is 2.79 bits per heavy atom. The molecule has 3 aromatic rings. The zero-order valence-electron chi connectivity index (χ0n) is 10.9. The molecule has 1 atom stereocenters. The van der Waals surface area contributed by atoms with Gasteiger partial charge in [-0.2, -0.15) is 0 Å². The maximum atomic E-state index is 6.36. The van der Waals surface area contributed by atoms with Gasteiger partial charge in [0.15, 0.2) is 5.65 Å². The Kier molecular flexibility index (Phi) is 3.08. The van der Waals surface area contributed by atoms with E-state index < -0.39 is 0 Å². The SMILES string of the molecule is CC(C)n1c(C(N)c2cccs2)nc2cccnc21. The van der Waals surface area contributed by atoms with E-state index in [2.05, 4.69) is 28.4 Å². The van der Waals surface area contributed by atoms with Crippen LogP contribution in [0, 0.1) is 0 Å². The molecule has 1 unspecified atom stereocenters. The van der Waals surface area contributed by atoms with E-state index in [1.54, 1.807) is 17.5 Å². The number of hydrogen-bond donors (Lipinski definition) is 1. The van der Waals surface area contributed by atoms with Gasteiger partial charge in [0.05, 0.1) is 6.04 Å². The first kappa shape index (κ1) is 12.3. The van der Waals surface area contributed by atoms with E-state index in [-0.39, 0.29) is 12.1 Å². The van der Waals surface area contributed by atoms with Gasteiger partial charge in [-0.25, -0.2) is 9.97 Å². The van der Waals surface area contributed by atoms with Crippen molar-refractivity contribution in [2.24, 2.45) is 5.73 Å². The van der Waals surface area contributed by atoms with Crippen LogP contribution in [-0.4, -0.2) is 14.5 Å². The average Bonchev–Trinajstić information content (AvgIpc) is 3.04. The van der Waals surface area contributed by atoms with Crippen LogP contribution in [0.2, 0.25) is 0 Å². The molecule has 3 heterocycles. The second-order valence-electron chi connectivity index (χ2n) is 4.77. The van der Waals surface area contributed by atoms with Crippen LogP contribution in [0.3, 0.4) is 0 Å². The zero-order valence-corrected chi connectivity index (χ0v) is 11.8. The molecule has 4 nitrogen and oxygen atoms in total. The van der Waals surface area contributed by atoms with E-state index in [0.29, 0.717) is 0 Å². The van der Waals surface area contributed by atoms with Crippen molar-refractivity contribution in [3.63, 3.8) is 0 Å². The molecule has 0 bridgehead atoms. The van der Waals surface area contributed by atoms with Crippen LogP contribution in [0.15, 0.2) is 35.8 Å². The molecule has 2 N–H and O–H groups in total. The molecular weight excluding hydrogens is 256 g/mol. The van der Waals surface area contributed by atoms with Gasteiger partial charge < -0.3 is 10.3 Å². The first-order valence-electron chi connectivity index (χ1n) is 6.30. The van der Waals surface area contributed by atoms with Crippen LogP contribution in [0.4, 0.5) is 0 Å². The van der Waals surface area contributed by atoms with E-state index >= 15 is 0 Å². The smallest absolute Gasteiger partial charge is 0.160 e. The van der Waals surface area contributed by atoms with Crippen molar-refractivity contribution in [1.29, 1.82) is 0 Å². The summed E-state index contributed by atoms with van der Waals surface area (Å²) in [6, 6.07) is 8.03. The van der Waals surface area contributed by atoms with Crippen LogP contribution < -0.4 is 5.73 Å². The molecule has 0 amide bonds. The third kappa shape index (κ3) is 2.05. The van der Waals surface area contributed by atoms with Gasteiger partial charge in [-0.3, -0.25) is 0 Å². The van der Waals surface area contributed by atoms with Gasteiger partial charge in [0.1, 0.15) is 11.3 Å².